The van der Waals surface area contributed by atoms with E-state index in [0.717, 1.165) is 0 Å². The Morgan fingerprint density at radius 1 is 1.08 bits per heavy atom. The molecule has 0 unspecified atom stereocenters. The highest BCUT2D eigenvalue weighted by Crippen LogP contribution is 2.46. The zero-order valence-corrected chi connectivity index (χ0v) is 6.42. The Labute approximate surface area is 69.7 Å². The van der Waals surface area contributed by atoms with Gasteiger partial charge in [0.25, 0.3) is 0 Å². The van der Waals surface area contributed by atoms with Crippen LogP contribution in [0.4, 0.5) is 26.3 Å². The molecule has 0 aliphatic carbocycles. The van der Waals surface area contributed by atoms with Crippen molar-refractivity contribution >= 4 is 0 Å². The van der Waals surface area contributed by atoms with E-state index in [9.17, 15) is 26.3 Å². The SMILES string of the molecule is C=C(C)C(F)(F)[C@](O)(F)C(F)(F)F. The number of hydrogen-bond donors (Lipinski definition) is 1. The highest BCUT2D eigenvalue weighted by atomic mass is 19.4. The molecule has 0 saturated heterocycles. The van der Waals surface area contributed by atoms with Gasteiger partial charge in [-0.05, 0) is 12.5 Å². The lowest BCUT2D eigenvalue weighted by molar-refractivity contribution is -0.375. The highest BCUT2D eigenvalue weighted by Gasteiger charge is 2.71. The number of rotatable bonds is 2. The zero-order chi connectivity index (χ0) is 11.1. The third-order valence-electron chi connectivity index (χ3n) is 1.33. The van der Waals surface area contributed by atoms with E-state index in [-0.39, 0.29) is 0 Å². The average molecular weight is 208 g/mol. The predicted octanol–water partition coefficient (Wildman–Crippen LogP) is 2.42. The summed E-state index contributed by atoms with van der Waals surface area (Å²) in [6, 6.07) is 0. The van der Waals surface area contributed by atoms with Gasteiger partial charge in [0.2, 0.25) is 0 Å². The van der Waals surface area contributed by atoms with Crippen LogP contribution in [0.2, 0.25) is 0 Å². The lowest BCUT2D eigenvalue weighted by atomic mass is 10.0. The molecule has 78 valence electrons. The van der Waals surface area contributed by atoms with Crippen LogP contribution in [-0.2, 0) is 0 Å². The largest absolute Gasteiger partial charge is 0.455 e. The van der Waals surface area contributed by atoms with E-state index < -0.39 is 23.5 Å². The van der Waals surface area contributed by atoms with Crippen LogP contribution in [0.5, 0.6) is 0 Å². The van der Waals surface area contributed by atoms with Gasteiger partial charge in [-0.15, -0.1) is 0 Å². The predicted molar refractivity (Wildman–Crippen MR) is 31.9 cm³/mol. The Morgan fingerprint density at radius 3 is 1.46 bits per heavy atom. The van der Waals surface area contributed by atoms with E-state index >= 15 is 0 Å². The second-order valence-corrected chi connectivity index (χ2v) is 2.47. The Morgan fingerprint density at radius 2 is 1.38 bits per heavy atom. The second-order valence-electron chi connectivity index (χ2n) is 2.47. The van der Waals surface area contributed by atoms with Crippen LogP contribution in [0.15, 0.2) is 12.2 Å². The van der Waals surface area contributed by atoms with Crippen LogP contribution in [0, 0.1) is 0 Å². The van der Waals surface area contributed by atoms with Crippen molar-refractivity contribution in [1.29, 1.82) is 0 Å². The summed E-state index contributed by atoms with van der Waals surface area (Å²) in [5, 5.41) is 7.95. The molecule has 1 atom stereocenters. The average Bonchev–Trinajstić information content (AvgIpc) is 1.84. The first kappa shape index (κ1) is 12.3. The minimum atomic E-state index is -6.06. The van der Waals surface area contributed by atoms with Crippen molar-refractivity contribution in [3.63, 3.8) is 0 Å². The Kier molecular flexibility index (Phi) is 2.74. The maximum Gasteiger partial charge on any atom is 0.455 e. The quantitative estimate of drug-likeness (QED) is 0.545. The van der Waals surface area contributed by atoms with Crippen LogP contribution >= 0.6 is 0 Å². The molecule has 0 fully saturated rings. The van der Waals surface area contributed by atoms with Crippen molar-refractivity contribution in [2.24, 2.45) is 0 Å². The molecule has 0 amide bonds. The first-order valence-corrected chi connectivity index (χ1v) is 2.96. The summed E-state index contributed by atoms with van der Waals surface area (Å²) >= 11 is 0. The zero-order valence-electron chi connectivity index (χ0n) is 6.42. The minimum absolute atomic E-state index is 0.482. The van der Waals surface area contributed by atoms with E-state index in [2.05, 4.69) is 6.58 Å². The summed E-state index contributed by atoms with van der Waals surface area (Å²) in [7, 11) is 0. The number of aliphatic hydroxyl groups is 1. The van der Waals surface area contributed by atoms with Gasteiger partial charge in [0.15, 0.2) is 0 Å². The molecule has 7 heteroatoms. The molecule has 0 radical (unpaired) electrons. The highest BCUT2D eigenvalue weighted by molar-refractivity contribution is 5.12. The minimum Gasteiger partial charge on any atom is -0.350 e. The molecule has 0 spiro atoms. The first-order chi connectivity index (χ1) is 5.44. The number of hydrogen-bond acceptors (Lipinski definition) is 1. The van der Waals surface area contributed by atoms with Gasteiger partial charge in [0.1, 0.15) is 0 Å². The van der Waals surface area contributed by atoms with E-state index in [1.54, 1.807) is 0 Å². The molecule has 13 heavy (non-hydrogen) atoms. The molecule has 1 nitrogen and oxygen atoms in total. The topological polar surface area (TPSA) is 20.2 Å². The van der Waals surface area contributed by atoms with Crippen LogP contribution in [0.3, 0.4) is 0 Å². The van der Waals surface area contributed by atoms with Crippen molar-refractivity contribution in [1.82, 2.24) is 0 Å². The molecule has 0 aromatic heterocycles. The van der Waals surface area contributed by atoms with Crippen LogP contribution in [0.25, 0.3) is 0 Å². The summed E-state index contributed by atoms with van der Waals surface area (Å²) in [5.74, 6) is -10.6. The smallest absolute Gasteiger partial charge is 0.350 e. The number of halogens is 6. The summed E-state index contributed by atoms with van der Waals surface area (Å²) < 4.78 is 71.6. The molecule has 0 bridgehead atoms. The fourth-order valence-electron chi connectivity index (χ4n) is 0.461. The standard InChI is InChI=1S/C6H6F6O/c1-3(2)4(7,8)5(9,13)6(10,11)12/h13H,1H2,2H3/t5-/m1/s1. The fraction of sp³-hybridized carbons (Fsp3) is 0.667. The first-order valence-electron chi connectivity index (χ1n) is 2.96. The van der Waals surface area contributed by atoms with Gasteiger partial charge in [0, 0.05) is 0 Å². The van der Waals surface area contributed by atoms with Crippen molar-refractivity contribution in [3.05, 3.63) is 12.2 Å². The van der Waals surface area contributed by atoms with Gasteiger partial charge in [-0.3, -0.25) is 0 Å². The fourth-order valence-corrected chi connectivity index (χ4v) is 0.461. The number of alkyl halides is 6. The van der Waals surface area contributed by atoms with Crippen molar-refractivity contribution < 1.29 is 31.4 Å². The maximum absolute atomic E-state index is 12.4. The lowest BCUT2D eigenvalue weighted by Gasteiger charge is -2.30. The van der Waals surface area contributed by atoms with Crippen LogP contribution < -0.4 is 0 Å². The maximum atomic E-state index is 12.4. The summed E-state index contributed by atoms with van der Waals surface area (Å²) in [6.07, 6.45) is -6.06. The molecule has 0 aromatic carbocycles. The molecule has 0 saturated carbocycles. The molecular weight excluding hydrogens is 202 g/mol. The molecule has 0 aliphatic heterocycles. The summed E-state index contributed by atoms with van der Waals surface area (Å²) in [5.41, 5.74) is -1.41. The summed E-state index contributed by atoms with van der Waals surface area (Å²) in [4.78, 5) is 0. The second kappa shape index (κ2) is 2.90. The monoisotopic (exact) mass is 208 g/mol. The van der Waals surface area contributed by atoms with E-state index in [1.807, 2.05) is 0 Å². The van der Waals surface area contributed by atoms with E-state index in [0.29, 0.717) is 6.92 Å². The molecule has 0 rings (SSSR count). The Hall–Kier alpha value is -0.720. The third kappa shape index (κ3) is 1.79. The normalized spacial score (nSPS) is 18.2. The lowest BCUT2D eigenvalue weighted by Crippen LogP contribution is -2.55. The Balaban J connectivity index is 5.16. The van der Waals surface area contributed by atoms with Gasteiger partial charge < -0.3 is 5.11 Å². The Bertz CT molecular complexity index is 216. The van der Waals surface area contributed by atoms with Crippen molar-refractivity contribution in [2.75, 3.05) is 0 Å². The molecule has 0 aromatic rings. The van der Waals surface area contributed by atoms with Crippen LogP contribution in [-0.4, -0.2) is 23.1 Å². The summed E-state index contributed by atoms with van der Waals surface area (Å²) in [6.45, 7) is 2.94. The molecule has 1 N–H and O–H groups in total. The van der Waals surface area contributed by atoms with Gasteiger partial charge in [-0.25, -0.2) is 0 Å². The molecule has 0 aliphatic rings. The van der Waals surface area contributed by atoms with Crippen LogP contribution in [0.1, 0.15) is 6.92 Å². The molecular formula is C6H6F6O. The van der Waals surface area contributed by atoms with E-state index in [1.165, 1.54) is 0 Å². The van der Waals surface area contributed by atoms with Gasteiger partial charge in [-0.2, -0.15) is 26.3 Å². The van der Waals surface area contributed by atoms with Gasteiger partial charge in [-0.1, -0.05) is 6.58 Å². The van der Waals surface area contributed by atoms with E-state index in [4.69, 9.17) is 5.11 Å². The molecule has 0 heterocycles. The van der Waals surface area contributed by atoms with Crippen molar-refractivity contribution in [2.45, 2.75) is 24.9 Å². The van der Waals surface area contributed by atoms with Gasteiger partial charge in [0.05, 0.1) is 0 Å². The van der Waals surface area contributed by atoms with Gasteiger partial charge >= 0.3 is 18.0 Å². The van der Waals surface area contributed by atoms with Crippen molar-refractivity contribution in [3.8, 4) is 0 Å². The third-order valence-corrected chi connectivity index (χ3v) is 1.33.